The molecular formula is C19H12BrNO5. The number of hydrogen-bond donors (Lipinski definition) is 0. The van der Waals surface area contributed by atoms with Gasteiger partial charge in [-0.2, -0.15) is 5.26 Å². The van der Waals surface area contributed by atoms with Crippen LogP contribution in [0.3, 0.4) is 0 Å². The number of Topliss-reactive ketones (excluding diaryl/α,β-unsaturated/α-hetero) is 1. The van der Waals surface area contributed by atoms with Crippen molar-refractivity contribution in [3.63, 3.8) is 0 Å². The number of fused-ring (bicyclic) bond motifs is 1. The molecule has 2 aromatic rings. The maximum Gasteiger partial charge on any atom is 0.349 e. The number of carbonyl (C=O) groups is 2. The Kier molecular flexibility index (Phi) is 5.34. The summed E-state index contributed by atoms with van der Waals surface area (Å²) in [5.41, 5.74) is 0.766. The highest BCUT2D eigenvalue weighted by molar-refractivity contribution is 9.10. The van der Waals surface area contributed by atoms with Crippen LogP contribution in [-0.4, -0.2) is 25.2 Å². The van der Waals surface area contributed by atoms with Crippen LogP contribution in [0.15, 0.2) is 52.5 Å². The molecule has 3 rings (SSSR count). The van der Waals surface area contributed by atoms with E-state index in [1.54, 1.807) is 48.5 Å². The fourth-order valence-corrected chi connectivity index (χ4v) is 2.79. The summed E-state index contributed by atoms with van der Waals surface area (Å²) >= 11 is 3.27. The molecule has 0 N–H and O–H groups in total. The lowest BCUT2D eigenvalue weighted by Crippen LogP contribution is -2.15. The predicted octanol–water partition coefficient (Wildman–Crippen LogP) is 3.51. The van der Waals surface area contributed by atoms with E-state index in [0.29, 0.717) is 27.1 Å². The summed E-state index contributed by atoms with van der Waals surface area (Å²) in [6.07, 6.45) is 1.37. The van der Waals surface area contributed by atoms with E-state index in [1.807, 2.05) is 0 Å². The van der Waals surface area contributed by atoms with Crippen LogP contribution in [0.2, 0.25) is 0 Å². The van der Waals surface area contributed by atoms with E-state index >= 15 is 0 Å². The third kappa shape index (κ3) is 3.92. The molecule has 2 aromatic carbocycles. The van der Waals surface area contributed by atoms with E-state index in [0.717, 1.165) is 0 Å². The minimum Gasteiger partial charge on any atom is -0.454 e. The second kappa shape index (κ2) is 7.85. The highest BCUT2D eigenvalue weighted by Crippen LogP contribution is 2.33. The summed E-state index contributed by atoms with van der Waals surface area (Å²) < 4.78 is 16.0. The van der Waals surface area contributed by atoms with Crippen molar-refractivity contribution < 1.29 is 23.8 Å². The zero-order chi connectivity index (χ0) is 18.5. The van der Waals surface area contributed by atoms with Gasteiger partial charge in [-0.15, -0.1) is 0 Å². The molecule has 0 saturated carbocycles. The van der Waals surface area contributed by atoms with Crippen LogP contribution in [0.25, 0.3) is 6.08 Å². The smallest absolute Gasteiger partial charge is 0.349 e. The number of carbonyl (C=O) groups excluding carboxylic acids is 2. The number of ether oxygens (including phenoxy) is 3. The summed E-state index contributed by atoms with van der Waals surface area (Å²) in [5.74, 6) is -0.104. The summed E-state index contributed by atoms with van der Waals surface area (Å²) in [4.78, 5) is 24.2. The van der Waals surface area contributed by atoms with Crippen LogP contribution >= 0.6 is 15.9 Å². The fourth-order valence-electron chi connectivity index (χ4n) is 2.28. The van der Waals surface area contributed by atoms with E-state index in [-0.39, 0.29) is 18.1 Å². The molecule has 0 amide bonds. The topological polar surface area (TPSA) is 85.6 Å². The maximum absolute atomic E-state index is 12.1. The Morgan fingerprint density at radius 3 is 2.73 bits per heavy atom. The van der Waals surface area contributed by atoms with Gasteiger partial charge in [0.15, 0.2) is 18.1 Å². The van der Waals surface area contributed by atoms with Crippen LogP contribution in [-0.2, 0) is 9.53 Å². The first-order valence-electron chi connectivity index (χ1n) is 7.55. The zero-order valence-corrected chi connectivity index (χ0v) is 15.0. The van der Waals surface area contributed by atoms with Crippen molar-refractivity contribution in [2.45, 2.75) is 0 Å². The second-order valence-corrected chi connectivity index (χ2v) is 6.12. The number of hydrogen-bond acceptors (Lipinski definition) is 6. The Bertz CT molecular complexity index is 945. The van der Waals surface area contributed by atoms with Crippen LogP contribution in [0, 0.1) is 11.3 Å². The molecule has 1 heterocycles. The van der Waals surface area contributed by atoms with Crippen LogP contribution in [0.1, 0.15) is 15.9 Å². The average Bonchev–Trinajstić information content (AvgIpc) is 3.12. The molecule has 26 heavy (non-hydrogen) atoms. The first-order valence-corrected chi connectivity index (χ1v) is 8.34. The van der Waals surface area contributed by atoms with Gasteiger partial charge in [-0.05, 0) is 29.8 Å². The molecule has 0 aliphatic carbocycles. The lowest BCUT2D eigenvalue weighted by molar-refractivity contribution is -0.137. The summed E-state index contributed by atoms with van der Waals surface area (Å²) in [5, 5.41) is 9.21. The molecular weight excluding hydrogens is 402 g/mol. The molecule has 130 valence electrons. The van der Waals surface area contributed by atoms with Crippen LogP contribution in [0.4, 0.5) is 0 Å². The molecule has 0 bridgehead atoms. The standard InChI is InChI=1S/C19H12BrNO5/c20-15-4-2-1-3-14(15)16(22)10-24-19(23)13(9-21)7-12-5-6-17-18(8-12)26-11-25-17/h1-8H,10-11H2/b13-7+. The molecule has 7 heteroatoms. The Hall–Kier alpha value is -3.11. The first-order chi connectivity index (χ1) is 12.6. The fraction of sp³-hybridized carbons (Fsp3) is 0.105. The third-order valence-corrected chi connectivity index (χ3v) is 4.25. The van der Waals surface area contributed by atoms with Gasteiger partial charge in [0.05, 0.1) is 0 Å². The second-order valence-electron chi connectivity index (χ2n) is 5.26. The van der Waals surface area contributed by atoms with Crippen LogP contribution in [0.5, 0.6) is 11.5 Å². The highest BCUT2D eigenvalue weighted by atomic mass is 79.9. The van der Waals surface area contributed by atoms with E-state index in [2.05, 4.69) is 15.9 Å². The molecule has 0 atom stereocenters. The molecule has 0 saturated heterocycles. The van der Waals surface area contributed by atoms with E-state index in [4.69, 9.17) is 14.2 Å². The Morgan fingerprint density at radius 2 is 1.96 bits per heavy atom. The molecule has 0 spiro atoms. The van der Waals surface area contributed by atoms with Crippen molar-refractivity contribution in [1.82, 2.24) is 0 Å². The zero-order valence-electron chi connectivity index (χ0n) is 13.4. The number of esters is 1. The minimum absolute atomic E-state index is 0.132. The SMILES string of the molecule is N#C/C(=C\c1ccc2c(c1)OCO2)C(=O)OCC(=O)c1ccccc1Br. The van der Waals surface area contributed by atoms with E-state index < -0.39 is 12.6 Å². The van der Waals surface area contributed by atoms with Gasteiger partial charge < -0.3 is 14.2 Å². The van der Waals surface area contributed by atoms with Crippen molar-refractivity contribution >= 4 is 33.8 Å². The average molecular weight is 414 g/mol. The number of ketones is 1. The van der Waals surface area contributed by atoms with Gasteiger partial charge in [0.2, 0.25) is 12.6 Å². The molecule has 1 aliphatic rings. The van der Waals surface area contributed by atoms with Gasteiger partial charge in [0.1, 0.15) is 11.6 Å². The van der Waals surface area contributed by atoms with Gasteiger partial charge >= 0.3 is 5.97 Å². The van der Waals surface area contributed by atoms with Gasteiger partial charge in [-0.1, -0.05) is 40.2 Å². The molecule has 0 radical (unpaired) electrons. The first kappa shape index (κ1) is 17.7. The molecule has 0 unspecified atom stereocenters. The summed E-state index contributed by atoms with van der Waals surface area (Å²) in [6.45, 7) is -0.325. The van der Waals surface area contributed by atoms with E-state index in [1.165, 1.54) is 6.08 Å². The van der Waals surface area contributed by atoms with Gasteiger partial charge in [-0.25, -0.2) is 4.79 Å². The quantitative estimate of drug-likeness (QED) is 0.322. The van der Waals surface area contributed by atoms with E-state index in [9.17, 15) is 14.9 Å². The number of halogens is 1. The van der Waals surface area contributed by atoms with Crippen molar-refractivity contribution in [1.29, 1.82) is 5.26 Å². The number of nitriles is 1. The lowest BCUT2D eigenvalue weighted by atomic mass is 10.1. The van der Waals surface area contributed by atoms with Crippen molar-refractivity contribution in [2.24, 2.45) is 0 Å². The van der Waals surface area contributed by atoms with Crippen molar-refractivity contribution in [3.05, 3.63) is 63.6 Å². The third-order valence-electron chi connectivity index (χ3n) is 3.56. The number of benzene rings is 2. The molecule has 1 aliphatic heterocycles. The predicted molar refractivity (Wildman–Crippen MR) is 95.6 cm³/mol. The van der Waals surface area contributed by atoms with Gasteiger partial charge in [0, 0.05) is 10.0 Å². The largest absolute Gasteiger partial charge is 0.454 e. The van der Waals surface area contributed by atoms with Crippen LogP contribution < -0.4 is 9.47 Å². The van der Waals surface area contributed by atoms with Gasteiger partial charge in [0.25, 0.3) is 0 Å². The molecule has 0 aromatic heterocycles. The maximum atomic E-state index is 12.1. The minimum atomic E-state index is -0.870. The van der Waals surface area contributed by atoms with Crippen molar-refractivity contribution in [2.75, 3.05) is 13.4 Å². The Labute approximate surface area is 157 Å². The highest BCUT2D eigenvalue weighted by Gasteiger charge is 2.17. The molecule has 6 nitrogen and oxygen atoms in total. The normalized spacial score (nSPS) is 12.4. The summed E-state index contributed by atoms with van der Waals surface area (Å²) in [6, 6.07) is 13.6. The Morgan fingerprint density at radius 1 is 1.19 bits per heavy atom. The summed E-state index contributed by atoms with van der Waals surface area (Å²) in [7, 11) is 0. The number of rotatable bonds is 5. The lowest BCUT2D eigenvalue weighted by Gasteiger charge is -2.05. The molecule has 0 fully saturated rings. The number of nitrogens with zero attached hydrogens (tertiary/aromatic N) is 1. The van der Waals surface area contributed by atoms with Crippen molar-refractivity contribution in [3.8, 4) is 17.6 Å². The van der Waals surface area contributed by atoms with Gasteiger partial charge in [-0.3, -0.25) is 4.79 Å². The Balaban J connectivity index is 1.68. The monoisotopic (exact) mass is 413 g/mol.